The highest BCUT2D eigenvalue weighted by molar-refractivity contribution is 5.42. The molecule has 0 amide bonds. The van der Waals surface area contributed by atoms with Crippen molar-refractivity contribution in [2.75, 3.05) is 26.9 Å². The summed E-state index contributed by atoms with van der Waals surface area (Å²) in [7, 11) is 1.64. The van der Waals surface area contributed by atoms with Crippen LogP contribution in [0.25, 0.3) is 0 Å². The van der Waals surface area contributed by atoms with Gasteiger partial charge in [-0.1, -0.05) is 13.0 Å². The Morgan fingerprint density at radius 3 is 2.74 bits per heavy atom. The quantitative estimate of drug-likeness (QED) is 0.639. The summed E-state index contributed by atoms with van der Waals surface area (Å²) in [5.41, 5.74) is 1.19. The van der Waals surface area contributed by atoms with Crippen molar-refractivity contribution in [3.63, 3.8) is 0 Å². The van der Waals surface area contributed by atoms with Crippen molar-refractivity contribution in [1.29, 1.82) is 0 Å². The lowest BCUT2D eigenvalue weighted by Crippen LogP contribution is -2.13. The van der Waals surface area contributed by atoms with Gasteiger partial charge in [-0.15, -0.1) is 0 Å². The van der Waals surface area contributed by atoms with Gasteiger partial charge in [0.15, 0.2) is 11.5 Å². The number of rotatable bonds is 10. The molecule has 0 aliphatic heterocycles. The molecule has 1 rings (SSSR count). The fourth-order valence-electron chi connectivity index (χ4n) is 1.75. The molecule has 0 saturated carbocycles. The summed E-state index contributed by atoms with van der Waals surface area (Å²) in [6, 6.07) is 5.99. The van der Waals surface area contributed by atoms with E-state index < -0.39 is 0 Å². The van der Waals surface area contributed by atoms with E-state index in [0.717, 1.165) is 43.9 Å². The number of aliphatic hydroxyl groups is 1. The van der Waals surface area contributed by atoms with Crippen molar-refractivity contribution < 1.29 is 14.6 Å². The molecule has 0 radical (unpaired) electrons. The summed E-state index contributed by atoms with van der Waals surface area (Å²) in [5, 5.41) is 12.1. The van der Waals surface area contributed by atoms with E-state index in [9.17, 15) is 0 Å². The third-order valence-electron chi connectivity index (χ3n) is 2.79. The second kappa shape index (κ2) is 9.64. The molecule has 1 aromatic carbocycles. The summed E-state index contributed by atoms with van der Waals surface area (Å²) in [4.78, 5) is 0. The van der Waals surface area contributed by atoms with Crippen LogP contribution < -0.4 is 14.8 Å². The van der Waals surface area contributed by atoms with Gasteiger partial charge in [-0.25, -0.2) is 0 Å². The summed E-state index contributed by atoms with van der Waals surface area (Å²) < 4.78 is 11.0. The maximum Gasteiger partial charge on any atom is 0.161 e. The van der Waals surface area contributed by atoms with E-state index >= 15 is 0 Å². The summed E-state index contributed by atoms with van der Waals surface area (Å²) >= 11 is 0. The fraction of sp³-hybridized carbons (Fsp3) is 0.600. The Hall–Kier alpha value is -1.26. The lowest BCUT2D eigenvalue weighted by atomic mass is 10.2. The molecular weight excluding hydrogens is 242 g/mol. The third kappa shape index (κ3) is 5.94. The van der Waals surface area contributed by atoms with Crippen LogP contribution in [-0.4, -0.2) is 32.0 Å². The van der Waals surface area contributed by atoms with E-state index in [1.165, 1.54) is 5.56 Å². The molecule has 0 aliphatic rings. The van der Waals surface area contributed by atoms with Crippen LogP contribution in [0.2, 0.25) is 0 Å². The lowest BCUT2D eigenvalue weighted by molar-refractivity contribution is 0.247. The van der Waals surface area contributed by atoms with E-state index in [0.29, 0.717) is 6.61 Å². The zero-order chi connectivity index (χ0) is 13.9. The molecule has 0 spiro atoms. The van der Waals surface area contributed by atoms with Gasteiger partial charge < -0.3 is 19.9 Å². The van der Waals surface area contributed by atoms with Gasteiger partial charge in [-0.2, -0.15) is 0 Å². The maximum atomic E-state index is 8.74. The van der Waals surface area contributed by atoms with Crippen LogP contribution in [0.15, 0.2) is 18.2 Å². The Balaban J connectivity index is 2.56. The monoisotopic (exact) mass is 267 g/mol. The molecule has 0 saturated heterocycles. The largest absolute Gasteiger partial charge is 0.493 e. The normalized spacial score (nSPS) is 10.5. The highest BCUT2D eigenvalue weighted by atomic mass is 16.5. The van der Waals surface area contributed by atoms with Crippen LogP contribution in [0.1, 0.15) is 31.7 Å². The number of ether oxygens (including phenoxy) is 2. The first-order valence-electron chi connectivity index (χ1n) is 6.93. The second-order valence-corrected chi connectivity index (χ2v) is 4.44. The van der Waals surface area contributed by atoms with Gasteiger partial charge in [0.05, 0.1) is 13.7 Å². The third-order valence-corrected chi connectivity index (χ3v) is 2.79. The number of unbranched alkanes of at least 4 members (excludes halogenated alkanes) is 1. The van der Waals surface area contributed by atoms with Gasteiger partial charge in [0, 0.05) is 13.2 Å². The van der Waals surface area contributed by atoms with Crippen molar-refractivity contribution in [1.82, 2.24) is 5.32 Å². The van der Waals surface area contributed by atoms with Gasteiger partial charge in [0.25, 0.3) is 0 Å². The molecule has 4 nitrogen and oxygen atoms in total. The van der Waals surface area contributed by atoms with Crippen molar-refractivity contribution in [3.05, 3.63) is 23.8 Å². The van der Waals surface area contributed by atoms with Gasteiger partial charge in [-0.05, 0) is 43.5 Å². The first-order chi connectivity index (χ1) is 9.31. The second-order valence-electron chi connectivity index (χ2n) is 4.44. The standard InChI is InChI=1S/C15H25NO3/c1-3-8-16-12-13-6-7-14(18-2)15(11-13)19-10-5-4-9-17/h6-7,11,16-17H,3-5,8-10,12H2,1-2H3. The average molecular weight is 267 g/mol. The van der Waals surface area contributed by atoms with Gasteiger partial charge in [0.1, 0.15) is 0 Å². The van der Waals surface area contributed by atoms with E-state index in [2.05, 4.69) is 12.2 Å². The predicted molar refractivity (Wildman–Crippen MR) is 76.8 cm³/mol. The zero-order valence-corrected chi connectivity index (χ0v) is 11.9. The topological polar surface area (TPSA) is 50.7 Å². The zero-order valence-electron chi connectivity index (χ0n) is 11.9. The molecule has 0 heterocycles. The molecule has 0 aliphatic carbocycles. The van der Waals surface area contributed by atoms with Crippen LogP contribution in [0, 0.1) is 0 Å². The van der Waals surface area contributed by atoms with Crippen LogP contribution in [0.3, 0.4) is 0 Å². The molecule has 0 bridgehead atoms. The highest BCUT2D eigenvalue weighted by Gasteiger charge is 2.05. The first-order valence-corrected chi connectivity index (χ1v) is 6.93. The number of hydrogen-bond acceptors (Lipinski definition) is 4. The van der Waals surface area contributed by atoms with Crippen molar-refractivity contribution in [2.24, 2.45) is 0 Å². The minimum atomic E-state index is 0.210. The number of hydrogen-bond donors (Lipinski definition) is 2. The van der Waals surface area contributed by atoms with Gasteiger partial charge in [0.2, 0.25) is 0 Å². The molecule has 108 valence electrons. The SMILES string of the molecule is CCCNCc1ccc(OC)c(OCCCCO)c1. The van der Waals surface area contributed by atoms with Crippen LogP contribution in [0.5, 0.6) is 11.5 Å². The summed E-state index contributed by atoms with van der Waals surface area (Å²) in [5.74, 6) is 1.53. The number of aliphatic hydroxyl groups excluding tert-OH is 1. The Bertz CT molecular complexity index is 355. The van der Waals surface area contributed by atoms with Crippen LogP contribution in [0.4, 0.5) is 0 Å². The predicted octanol–water partition coefficient (Wildman–Crippen LogP) is 2.35. The van der Waals surface area contributed by atoms with Crippen LogP contribution >= 0.6 is 0 Å². The van der Waals surface area contributed by atoms with Gasteiger partial charge >= 0.3 is 0 Å². The minimum Gasteiger partial charge on any atom is -0.493 e. The molecule has 0 fully saturated rings. The summed E-state index contributed by atoms with van der Waals surface area (Å²) in [6.07, 6.45) is 2.73. The number of benzene rings is 1. The Morgan fingerprint density at radius 2 is 2.05 bits per heavy atom. The van der Waals surface area contributed by atoms with Gasteiger partial charge in [-0.3, -0.25) is 0 Å². The minimum absolute atomic E-state index is 0.210. The average Bonchev–Trinajstić information content (AvgIpc) is 2.44. The molecule has 2 N–H and O–H groups in total. The fourth-order valence-corrected chi connectivity index (χ4v) is 1.75. The number of nitrogens with one attached hydrogen (secondary N) is 1. The molecule has 0 atom stereocenters. The molecule has 1 aromatic rings. The Labute approximate surface area is 115 Å². The molecule has 0 unspecified atom stereocenters. The van der Waals surface area contributed by atoms with Crippen molar-refractivity contribution in [3.8, 4) is 11.5 Å². The van der Waals surface area contributed by atoms with E-state index in [4.69, 9.17) is 14.6 Å². The smallest absolute Gasteiger partial charge is 0.161 e. The maximum absolute atomic E-state index is 8.74. The van der Waals surface area contributed by atoms with E-state index in [-0.39, 0.29) is 6.61 Å². The molecule has 4 heteroatoms. The van der Waals surface area contributed by atoms with Crippen molar-refractivity contribution in [2.45, 2.75) is 32.7 Å². The van der Waals surface area contributed by atoms with E-state index in [1.54, 1.807) is 7.11 Å². The lowest BCUT2D eigenvalue weighted by Gasteiger charge is -2.12. The Morgan fingerprint density at radius 1 is 1.21 bits per heavy atom. The van der Waals surface area contributed by atoms with Crippen LogP contribution in [-0.2, 0) is 6.54 Å². The Kier molecular flexibility index (Phi) is 8.02. The highest BCUT2D eigenvalue weighted by Crippen LogP contribution is 2.28. The molecule has 0 aromatic heterocycles. The molecule has 19 heavy (non-hydrogen) atoms. The van der Waals surface area contributed by atoms with E-state index in [1.807, 2.05) is 18.2 Å². The van der Waals surface area contributed by atoms with Crippen molar-refractivity contribution >= 4 is 0 Å². The number of methoxy groups -OCH3 is 1. The summed E-state index contributed by atoms with van der Waals surface area (Å²) in [6.45, 7) is 4.81. The first kappa shape index (κ1) is 15.8. The molecular formula is C15H25NO3.